The van der Waals surface area contributed by atoms with Crippen molar-refractivity contribution in [3.63, 3.8) is 0 Å². The van der Waals surface area contributed by atoms with Gasteiger partial charge >= 0.3 is 0 Å². The fourth-order valence-electron chi connectivity index (χ4n) is 1.37. The number of nitrogens with zero attached hydrogens (tertiary/aromatic N) is 1. The number of anilines is 2. The Balaban J connectivity index is 2.20. The molecule has 0 heterocycles. The van der Waals surface area contributed by atoms with Crippen molar-refractivity contribution in [2.75, 3.05) is 5.32 Å². The summed E-state index contributed by atoms with van der Waals surface area (Å²) in [5, 5.41) is 11.7. The van der Waals surface area contributed by atoms with Crippen LogP contribution in [0.3, 0.4) is 0 Å². The molecular weight excluding hydrogens is 283 g/mol. The van der Waals surface area contributed by atoms with Crippen molar-refractivity contribution >= 4 is 27.3 Å². The van der Waals surface area contributed by atoms with Crippen molar-refractivity contribution in [1.82, 2.24) is 0 Å². The Kier molecular flexibility index (Phi) is 3.40. The standard InChI is InChI=1S/C13H8BrFN2/c14-12-6-5-11(7-13(12)15)17-10-3-1-9(8-16)2-4-10/h1-7,17H. The van der Waals surface area contributed by atoms with Crippen LogP contribution < -0.4 is 5.32 Å². The van der Waals surface area contributed by atoms with Crippen LogP contribution in [0.15, 0.2) is 46.9 Å². The van der Waals surface area contributed by atoms with Crippen LogP contribution in [0.2, 0.25) is 0 Å². The molecule has 1 N–H and O–H groups in total. The first-order chi connectivity index (χ1) is 8.19. The van der Waals surface area contributed by atoms with E-state index in [2.05, 4.69) is 21.2 Å². The number of halogens is 2. The van der Waals surface area contributed by atoms with E-state index in [0.29, 0.717) is 15.7 Å². The number of benzene rings is 2. The molecule has 0 spiro atoms. The van der Waals surface area contributed by atoms with Gasteiger partial charge in [0.1, 0.15) is 5.82 Å². The highest BCUT2D eigenvalue weighted by Crippen LogP contribution is 2.22. The van der Waals surface area contributed by atoms with E-state index in [4.69, 9.17) is 5.26 Å². The molecule has 0 aliphatic heterocycles. The normalized spacial score (nSPS) is 9.71. The quantitative estimate of drug-likeness (QED) is 0.900. The summed E-state index contributed by atoms with van der Waals surface area (Å²) in [4.78, 5) is 0. The highest BCUT2D eigenvalue weighted by molar-refractivity contribution is 9.10. The van der Waals surface area contributed by atoms with Gasteiger partial charge in [-0.15, -0.1) is 0 Å². The lowest BCUT2D eigenvalue weighted by molar-refractivity contribution is 0.622. The van der Waals surface area contributed by atoms with Gasteiger partial charge in [-0.05, 0) is 58.4 Å². The van der Waals surface area contributed by atoms with Crippen LogP contribution in [-0.2, 0) is 0 Å². The molecule has 84 valence electrons. The molecule has 0 bridgehead atoms. The van der Waals surface area contributed by atoms with Crippen LogP contribution in [0, 0.1) is 17.1 Å². The Morgan fingerprint density at radius 2 is 1.71 bits per heavy atom. The highest BCUT2D eigenvalue weighted by Gasteiger charge is 2.01. The molecule has 0 aromatic heterocycles. The van der Waals surface area contributed by atoms with Crippen molar-refractivity contribution in [3.05, 3.63) is 58.3 Å². The van der Waals surface area contributed by atoms with E-state index < -0.39 is 0 Å². The topological polar surface area (TPSA) is 35.8 Å². The van der Waals surface area contributed by atoms with Crippen LogP contribution in [-0.4, -0.2) is 0 Å². The van der Waals surface area contributed by atoms with Gasteiger partial charge in [0, 0.05) is 11.4 Å². The van der Waals surface area contributed by atoms with E-state index in [1.54, 1.807) is 36.4 Å². The molecule has 0 saturated carbocycles. The average Bonchev–Trinajstić information content (AvgIpc) is 2.35. The third-order valence-electron chi connectivity index (χ3n) is 2.22. The fraction of sp³-hybridized carbons (Fsp3) is 0. The van der Waals surface area contributed by atoms with Gasteiger partial charge in [0.15, 0.2) is 0 Å². The van der Waals surface area contributed by atoms with Gasteiger partial charge in [-0.3, -0.25) is 0 Å². The maximum atomic E-state index is 13.3. The third-order valence-corrected chi connectivity index (χ3v) is 2.87. The predicted octanol–water partition coefficient (Wildman–Crippen LogP) is 4.20. The van der Waals surface area contributed by atoms with Crippen molar-refractivity contribution in [1.29, 1.82) is 5.26 Å². The first-order valence-electron chi connectivity index (χ1n) is 4.91. The lowest BCUT2D eigenvalue weighted by Crippen LogP contribution is -1.91. The first-order valence-corrected chi connectivity index (χ1v) is 5.70. The van der Waals surface area contributed by atoms with Crippen LogP contribution in [0.5, 0.6) is 0 Å². The molecule has 0 unspecified atom stereocenters. The second kappa shape index (κ2) is 4.98. The molecule has 2 aromatic carbocycles. The Hall–Kier alpha value is -1.86. The first kappa shape index (κ1) is 11.6. The largest absolute Gasteiger partial charge is 0.355 e. The summed E-state index contributed by atoms with van der Waals surface area (Å²) < 4.78 is 13.7. The van der Waals surface area contributed by atoms with Crippen LogP contribution in [0.25, 0.3) is 0 Å². The highest BCUT2D eigenvalue weighted by atomic mass is 79.9. The number of rotatable bonds is 2. The smallest absolute Gasteiger partial charge is 0.139 e. The van der Waals surface area contributed by atoms with Crippen LogP contribution in [0.1, 0.15) is 5.56 Å². The molecule has 0 amide bonds. The molecule has 2 aromatic rings. The monoisotopic (exact) mass is 290 g/mol. The van der Waals surface area contributed by atoms with Gasteiger partial charge in [-0.25, -0.2) is 4.39 Å². The zero-order chi connectivity index (χ0) is 12.3. The summed E-state index contributed by atoms with van der Waals surface area (Å²) in [5.41, 5.74) is 2.07. The summed E-state index contributed by atoms with van der Waals surface area (Å²) in [6.45, 7) is 0. The average molecular weight is 291 g/mol. The lowest BCUT2D eigenvalue weighted by atomic mass is 10.2. The van der Waals surface area contributed by atoms with Crippen LogP contribution in [0.4, 0.5) is 15.8 Å². The van der Waals surface area contributed by atoms with E-state index in [0.717, 1.165) is 5.69 Å². The molecule has 0 radical (unpaired) electrons. The minimum Gasteiger partial charge on any atom is -0.355 e. The zero-order valence-corrected chi connectivity index (χ0v) is 10.3. The van der Waals surface area contributed by atoms with E-state index in [9.17, 15) is 4.39 Å². The Labute approximate surface area is 107 Å². The maximum absolute atomic E-state index is 13.3. The molecule has 2 rings (SSSR count). The van der Waals surface area contributed by atoms with Gasteiger partial charge in [-0.2, -0.15) is 5.26 Å². The predicted molar refractivity (Wildman–Crippen MR) is 68.5 cm³/mol. The number of nitrogens with one attached hydrogen (secondary N) is 1. The Bertz CT molecular complexity index is 573. The minimum atomic E-state index is -0.316. The van der Waals surface area contributed by atoms with E-state index in [-0.39, 0.29) is 5.82 Å². The molecule has 2 nitrogen and oxygen atoms in total. The van der Waals surface area contributed by atoms with Gasteiger partial charge < -0.3 is 5.32 Å². The van der Waals surface area contributed by atoms with Crippen molar-refractivity contribution < 1.29 is 4.39 Å². The Morgan fingerprint density at radius 1 is 1.06 bits per heavy atom. The molecule has 0 saturated heterocycles. The van der Waals surface area contributed by atoms with Gasteiger partial charge in [0.2, 0.25) is 0 Å². The zero-order valence-electron chi connectivity index (χ0n) is 8.74. The second-order valence-corrected chi connectivity index (χ2v) is 4.30. The Morgan fingerprint density at radius 3 is 2.29 bits per heavy atom. The van der Waals surface area contributed by atoms with E-state index in [1.165, 1.54) is 6.07 Å². The van der Waals surface area contributed by atoms with Gasteiger partial charge in [-0.1, -0.05) is 0 Å². The molecule has 17 heavy (non-hydrogen) atoms. The summed E-state index contributed by atoms with van der Waals surface area (Å²) in [6, 6.07) is 13.8. The van der Waals surface area contributed by atoms with Crippen molar-refractivity contribution in [2.45, 2.75) is 0 Å². The summed E-state index contributed by atoms with van der Waals surface area (Å²) in [5.74, 6) is -0.316. The lowest BCUT2D eigenvalue weighted by Gasteiger charge is -2.06. The van der Waals surface area contributed by atoms with Crippen molar-refractivity contribution in [3.8, 4) is 6.07 Å². The maximum Gasteiger partial charge on any atom is 0.139 e. The summed E-state index contributed by atoms with van der Waals surface area (Å²) >= 11 is 3.09. The SMILES string of the molecule is N#Cc1ccc(Nc2ccc(Br)c(F)c2)cc1. The molecule has 0 aliphatic rings. The van der Waals surface area contributed by atoms with Gasteiger partial charge in [0.25, 0.3) is 0 Å². The van der Waals surface area contributed by atoms with E-state index >= 15 is 0 Å². The molecule has 0 fully saturated rings. The summed E-state index contributed by atoms with van der Waals surface area (Å²) in [6.07, 6.45) is 0. The molecular formula is C13H8BrFN2. The molecule has 0 aliphatic carbocycles. The molecule has 0 atom stereocenters. The molecule has 4 heteroatoms. The second-order valence-electron chi connectivity index (χ2n) is 3.44. The van der Waals surface area contributed by atoms with Crippen LogP contribution >= 0.6 is 15.9 Å². The van der Waals surface area contributed by atoms with Gasteiger partial charge in [0.05, 0.1) is 16.1 Å². The number of nitriles is 1. The fourth-order valence-corrected chi connectivity index (χ4v) is 1.62. The number of hydrogen-bond acceptors (Lipinski definition) is 2. The third kappa shape index (κ3) is 2.83. The van der Waals surface area contributed by atoms with Crippen molar-refractivity contribution in [2.24, 2.45) is 0 Å². The minimum absolute atomic E-state index is 0.316. The van der Waals surface area contributed by atoms with E-state index in [1.807, 2.05) is 6.07 Å². The summed E-state index contributed by atoms with van der Waals surface area (Å²) in [7, 11) is 0. The number of hydrogen-bond donors (Lipinski definition) is 1.